The van der Waals surface area contributed by atoms with Gasteiger partial charge in [-0.3, -0.25) is 4.79 Å². The minimum Gasteiger partial charge on any atom is -0.443 e. The number of carbonyl (C=O) groups excluding carboxylic acids is 1. The number of nitrogens with zero attached hydrogens (tertiary/aromatic N) is 3. The lowest BCUT2D eigenvalue weighted by molar-refractivity contribution is 0.0579. The Kier molecular flexibility index (Phi) is 5.66. The first kappa shape index (κ1) is 20.9. The Hall–Kier alpha value is -2.86. The normalized spacial score (nSPS) is 11.5. The third kappa shape index (κ3) is 4.27. The van der Waals surface area contributed by atoms with E-state index in [1.165, 1.54) is 9.47 Å². The molecule has 152 valence electrons. The summed E-state index contributed by atoms with van der Waals surface area (Å²) in [5, 5.41) is 0.943. The van der Waals surface area contributed by atoms with Gasteiger partial charge in [0.15, 0.2) is 0 Å². The summed E-state index contributed by atoms with van der Waals surface area (Å²) in [6.45, 7) is 9.34. The largest absolute Gasteiger partial charge is 0.443 e. The first-order chi connectivity index (χ1) is 13.6. The molecule has 0 saturated carbocycles. The second-order valence-electron chi connectivity index (χ2n) is 7.73. The molecule has 6 nitrogen and oxygen atoms in total. The Labute approximate surface area is 174 Å². The van der Waals surface area contributed by atoms with Crippen LogP contribution in [0.25, 0.3) is 16.6 Å². The van der Waals surface area contributed by atoms with Crippen LogP contribution in [-0.2, 0) is 4.74 Å². The van der Waals surface area contributed by atoms with Crippen molar-refractivity contribution < 1.29 is 9.53 Å². The Morgan fingerprint density at radius 2 is 1.90 bits per heavy atom. The third-order valence-corrected chi connectivity index (χ3v) is 4.56. The summed E-state index contributed by atoms with van der Waals surface area (Å²) in [6, 6.07) is 12.3. The molecule has 29 heavy (non-hydrogen) atoms. The van der Waals surface area contributed by atoms with Crippen molar-refractivity contribution in [3.05, 3.63) is 63.4 Å². The van der Waals surface area contributed by atoms with Crippen LogP contribution in [-0.4, -0.2) is 27.8 Å². The van der Waals surface area contributed by atoms with Crippen LogP contribution in [0.3, 0.4) is 0 Å². The molecule has 0 N–H and O–H groups in total. The minimum absolute atomic E-state index is 0.191. The number of ether oxygens (including phenoxy) is 1. The van der Waals surface area contributed by atoms with Crippen molar-refractivity contribution in [1.82, 2.24) is 9.55 Å². The van der Waals surface area contributed by atoms with Gasteiger partial charge in [-0.15, -0.1) is 0 Å². The third-order valence-electron chi connectivity index (χ3n) is 4.32. The zero-order valence-corrected chi connectivity index (χ0v) is 17.9. The average molecular weight is 414 g/mol. The van der Waals surface area contributed by atoms with Crippen LogP contribution in [0.15, 0.2) is 47.3 Å². The zero-order chi connectivity index (χ0) is 21.3. The van der Waals surface area contributed by atoms with Gasteiger partial charge in [-0.05, 0) is 64.4 Å². The molecule has 0 radical (unpaired) electrons. The molecule has 0 aliphatic rings. The molecule has 0 fully saturated rings. The van der Waals surface area contributed by atoms with Gasteiger partial charge in [0.2, 0.25) is 5.95 Å². The predicted molar refractivity (Wildman–Crippen MR) is 116 cm³/mol. The topological polar surface area (TPSA) is 64.4 Å². The molecular formula is C22H24ClN3O3. The second-order valence-corrected chi connectivity index (χ2v) is 8.16. The molecule has 0 aliphatic heterocycles. The van der Waals surface area contributed by atoms with Crippen LogP contribution >= 0.6 is 11.6 Å². The molecule has 0 bridgehead atoms. The van der Waals surface area contributed by atoms with Crippen molar-refractivity contribution in [3.8, 4) is 5.69 Å². The van der Waals surface area contributed by atoms with E-state index >= 15 is 0 Å². The molecule has 3 rings (SSSR count). The smallest absolute Gasteiger partial charge is 0.417 e. The van der Waals surface area contributed by atoms with Crippen LogP contribution in [0.2, 0.25) is 5.02 Å². The van der Waals surface area contributed by atoms with Crippen LogP contribution in [0.4, 0.5) is 10.7 Å². The van der Waals surface area contributed by atoms with Crippen LogP contribution in [0.1, 0.15) is 33.3 Å². The molecule has 3 aromatic rings. The fourth-order valence-electron chi connectivity index (χ4n) is 3.04. The highest BCUT2D eigenvalue weighted by atomic mass is 35.5. The lowest BCUT2D eigenvalue weighted by Crippen LogP contribution is -2.40. The maximum absolute atomic E-state index is 13.4. The van der Waals surface area contributed by atoms with Gasteiger partial charge in [-0.1, -0.05) is 29.8 Å². The van der Waals surface area contributed by atoms with Gasteiger partial charge in [-0.2, -0.15) is 0 Å². The van der Waals surface area contributed by atoms with Gasteiger partial charge in [0, 0.05) is 11.6 Å². The number of hydrogen-bond donors (Lipinski definition) is 0. The predicted octanol–water partition coefficient (Wildman–Crippen LogP) is 5.11. The van der Waals surface area contributed by atoms with Crippen molar-refractivity contribution in [2.45, 2.75) is 40.2 Å². The number of hydrogen-bond acceptors (Lipinski definition) is 4. The number of halogens is 1. The lowest BCUT2D eigenvalue weighted by Gasteiger charge is -2.27. The van der Waals surface area contributed by atoms with Crippen molar-refractivity contribution in [3.63, 3.8) is 0 Å². The van der Waals surface area contributed by atoms with E-state index in [-0.39, 0.29) is 18.1 Å². The number of anilines is 1. The van der Waals surface area contributed by atoms with Crippen molar-refractivity contribution in [2.75, 3.05) is 11.4 Å². The molecule has 2 aromatic carbocycles. The summed E-state index contributed by atoms with van der Waals surface area (Å²) >= 11 is 6.16. The first-order valence-corrected chi connectivity index (χ1v) is 9.79. The highest BCUT2D eigenvalue weighted by Gasteiger charge is 2.27. The molecule has 1 aromatic heterocycles. The Morgan fingerprint density at radius 1 is 1.21 bits per heavy atom. The van der Waals surface area contributed by atoms with Crippen LogP contribution in [0, 0.1) is 6.92 Å². The maximum atomic E-state index is 13.4. The molecule has 0 spiro atoms. The van der Waals surface area contributed by atoms with Crippen LogP contribution in [0.5, 0.6) is 0 Å². The number of benzene rings is 2. The van der Waals surface area contributed by atoms with Crippen molar-refractivity contribution in [1.29, 1.82) is 0 Å². The molecule has 0 saturated heterocycles. The fraction of sp³-hybridized carbons (Fsp3) is 0.318. The summed E-state index contributed by atoms with van der Waals surface area (Å²) in [7, 11) is 0. The number of para-hydroxylation sites is 1. The van der Waals surface area contributed by atoms with Gasteiger partial charge < -0.3 is 4.74 Å². The van der Waals surface area contributed by atoms with E-state index in [4.69, 9.17) is 21.3 Å². The average Bonchev–Trinajstić information content (AvgIpc) is 2.62. The lowest BCUT2D eigenvalue weighted by atomic mass is 10.1. The molecule has 1 heterocycles. The summed E-state index contributed by atoms with van der Waals surface area (Å²) in [5.74, 6) is 0.191. The van der Waals surface area contributed by atoms with Crippen molar-refractivity contribution >= 4 is 34.5 Å². The number of carbonyl (C=O) groups is 1. The monoisotopic (exact) mass is 413 g/mol. The van der Waals surface area contributed by atoms with Gasteiger partial charge in [0.05, 0.1) is 16.6 Å². The molecule has 7 heteroatoms. The number of aromatic nitrogens is 2. The van der Waals surface area contributed by atoms with Crippen LogP contribution < -0.4 is 10.5 Å². The number of amides is 1. The van der Waals surface area contributed by atoms with Gasteiger partial charge in [-0.25, -0.2) is 19.2 Å². The number of fused-ring (bicyclic) bond motifs is 1. The van der Waals surface area contributed by atoms with E-state index in [9.17, 15) is 9.59 Å². The number of aryl methyl sites for hydroxylation is 1. The minimum atomic E-state index is -0.682. The van der Waals surface area contributed by atoms with E-state index in [0.29, 0.717) is 21.6 Å². The van der Waals surface area contributed by atoms with Gasteiger partial charge >= 0.3 is 6.09 Å². The quantitative estimate of drug-likeness (QED) is 0.598. The zero-order valence-electron chi connectivity index (χ0n) is 17.2. The standard InChI is InChI=1S/C22H24ClN3O3/c1-6-25(21(28)29-22(3,4)5)20-24-18-14(2)9-7-12-17(18)19(27)26(20)16-11-8-10-15(23)13-16/h7-13H,6H2,1-5H3. The second kappa shape index (κ2) is 7.87. The SMILES string of the molecule is CCN(C(=O)OC(C)(C)C)c1nc2c(C)cccc2c(=O)n1-c1cccc(Cl)c1. The number of rotatable bonds is 3. The van der Waals surface area contributed by atoms with E-state index in [2.05, 4.69) is 0 Å². The summed E-state index contributed by atoms with van der Waals surface area (Å²) in [6.07, 6.45) is -0.574. The fourth-order valence-corrected chi connectivity index (χ4v) is 3.22. The molecule has 0 atom stereocenters. The first-order valence-electron chi connectivity index (χ1n) is 9.41. The Balaban J connectivity index is 2.34. The molecule has 0 aliphatic carbocycles. The van der Waals surface area contributed by atoms with Gasteiger partial charge in [0.25, 0.3) is 5.56 Å². The molecule has 0 unspecified atom stereocenters. The molecule has 1 amide bonds. The van der Waals surface area contributed by atoms with E-state index in [1.807, 2.05) is 19.1 Å². The Bertz CT molecular complexity index is 1130. The molecular weight excluding hydrogens is 390 g/mol. The maximum Gasteiger partial charge on any atom is 0.417 e. The summed E-state index contributed by atoms with van der Waals surface area (Å²) in [4.78, 5) is 32.4. The van der Waals surface area contributed by atoms with Crippen molar-refractivity contribution in [2.24, 2.45) is 0 Å². The van der Waals surface area contributed by atoms with E-state index in [0.717, 1.165) is 5.56 Å². The summed E-state index contributed by atoms with van der Waals surface area (Å²) in [5.41, 5.74) is 0.957. The van der Waals surface area contributed by atoms with E-state index in [1.54, 1.807) is 58.0 Å². The highest BCUT2D eigenvalue weighted by molar-refractivity contribution is 6.30. The van der Waals surface area contributed by atoms with E-state index < -0.39 is 11.7 Å². The van der Waals surface area contributed by atoms with Gasteiger partial charge in [0.1, 0.15) is 5.60 Å². The Morgan fingerprint density at radius 3 is 2.52 bits per heavy atom. The highest BCUT2D eigenvalue weighted by Crippen LogP contribution is 2.24. The summed E-state index contributed by atoms with van der Waals surface area (Å²) < 4.78 is 6.95.